The fourth-order valence-corrected chi connectivity index (χ4v) is 4.19. The van der Waals surface area contributed by atoms with Gasteiger partial charge in [0, 0.05) is 43.2 Å². The van der Waals surface area contributed by atoms with Crippen LogP contribution in [0.3, 0.4) is 0 Å². The van der Waals surface area contributed by atoms with E-state index >= 15 is 0 Å². The van der Waals surface area contributed by atoms with E-state index in [1.165, 1.54) is 10.5 Å². The average Bonchev–Trinajstić information content (AvgIpc) is 3.15. The van der Waals surface area contributed by atoms with Crippen LogP contribution in [0, 0.1) is 6.92 Å². The van der Waals surface area contributed by atoms with Gasteiger partial charge in [0.05, 0.1) is 10.4 Å². The summed E-state index contributed by atoms with van der Waals surface area (Å²) >= 11 is 1.59. The molecule has 1 amide bonds. The van der Waals surface area contributed by atoms with E-state index in [4.69, 9.17) is 0 Å². The molecular weight excluding hydrogens is 368 g/mol. The van der Waals surface area contributed by atoms with Gasteiger partial charge in [0.2, 0.25) is 0 Å². The summed E-state index contributed by atoms with van der Waals surface area (Å²) in [6.07, 6.45) is 4.21. The molecule has 0 N–H and O–H groups in total. The molecule has 0 aliphatic rings. The van der Waals surface area contributed by atoms with Crippen LogP contribution < -0.4 is 0 Å². The van der Waals surface area contributed by atoms with E-state index in [-0.39, 0.29) is 5.91 Å². The average molecular weight is 388 g/mol. The van der Waals surface area contributed by atoms with Crippen LogP contribution in [0.1, 0.15) is 27.3 Å². The number of pyridine rings is 1. The number of aromatic nitrogens is 3. The number of thiophene rings is 1. The van der Waals surface area contributed by atoms with Crippen molar-refractivity contribution in [3.05, 3.63) is 77.4 Å². The molecule has 0 saturated heterocycles. The molecule has 0 spiro atoms. The number of aryl methyl sites for hydroxylation is 1. The van der Waals surface area contributed by atoms with Gasteiger partial charge in [0.15, 0.2) is 5.69 Å². The molecule has 0 aliphatic carbocycles. The summed E-state index contributed by atoms with van der Waals surface area (Å²) in [6, 6.07) is 14.5. The molecule has 0 radical (unpaired) electrons. The second kappa shape index (κ2) is 7.48. The van der Waals surface area contributed by atoms with Gasteiger partial charge in [-0.15, -0.1) is 16.4 Å². The quantitative estimate of drug-likeness (QED) is 0.521. The van der Waals surface area contributed by atoms with E-state index in [1.807, 2.05) is 18.3 Å². The van der Waals surface area contributed by atoms with E-state index in [2.05, 4.69) is 52.4 Å². The van der Waals surface area contributed by atoms with Gasteiger partial charge in [-0.2, -0.15) is 5.10 Å². The Morgan fingerprint density at radius 2 is 1.89 bits per heavy atom. The Hall–Kier alpha value is -3.12. The summed E-state index contributed by atoms with van der Waals surface area (Å²) in [6.45, 7) is 2.07. The Labute approximate surface area is 167 Å². The van der Waals surface area contributed by atoms with Gasteiger partial charge in [-0.05, 0) is 30.2 Å². The number of amides is 1. The summed E-state index contributed by atoms with van der Waals surface area (Å²) in [5.41, 5.74) is 4.66. The Bertz CT molecular complexity index is 1130. The Kier molecular flexibility index (Phi) is 4.88. The van der Waals surface area contributed by atoms with Crippen molar-refractivity contribution >= 4 is 27.3 Å². The zero-order chi connectivity index (χ0) is 19.7. The minimum Gasteiger partial charge on any atom is -0.343 e. The third-order valence-corrected chi connectivity index (χ3v) is 5.76. The highest BCUT2D eigenvalue weighted by Gasteiger charge is 2.20. The molecule has 5 nitrogen and oxygen atoms in total. The number of hydrogen-bond donors (Lipinski definition) is 0. The van der Waals surface area contributed by atoms with Gasteiger partial charge in [-0.3, -0.25) is 9.78 Å². The normalized spacial score (nSPS) is 11.0. The number of fused-ring (bicyclic) bond motifs is 1. The zero-order valence-electron chi connectivity index (χ0n) is 16.0. The first kappa shape index (κ1) is 18.3. The van der Waals surface area contributed by atoms with Crippen molar-refractivity contribution in [3.8, 4) is 10.4 Å². The molecule has 0 saturated carbocycles. The molecule has 0 aliphatic heterocycles. The first-order valence-electron chi connectivity index (χ1n) is 8.99. The second-order valence-electron chi connectivity index (χ2n) is 6.95. The van der Waals surface area contributed by atoms with E-state index in [1.54, 1.807) is 31.6 Å². The lowest BCUT2D eigenvalue weighted by Crippen LogP contribution is -2.23. The van der Waals surface area contributed by atoms with E-state index in [0.717, 1.165) is 31.8 Å². The summed E-state index contributed by atoms with van der Waals surface area (Å²) < 4.78 is 0.878. The molecule has 4 rings (SSSR count). The Morgan fingerprint density at radius 1 is 1.11 bits per heavy atom. The Balaban J connectivity index is 1.87. The molecule has 28 heavy (non-hydrogen) atoms. The molecule has 3 aromatic heterocycles. The molecule has 140 valence electrons. The fraction of sp³-hybridized carbons (Fsp3) is 0.182. The molecule has 6 heteroatoms. The summed E-state index contributed by atoms with van der Waals surface area (Å²) in [5.74, 6) is -0.136. The first-order valence-corrected chi connectivity index (χ1v) is 9.81. The van der Waals surface area contributed by atoms with Crippen LogP contribution in [-0.2, 0) is 6.42 Å². The van der Waals surface area contributed by atoms with Crippen molar-refractivity contribution in [3.63, 3.8) is 0 Å². The third-order valence-electron chi connectivity index (χ3n) is 4.57. The molecule has 0 bridgehead atoms. The van der Waals surface area contributed by atoms with E-state index in [0.29, 0.717) is 12.1 Å². The van der Waals surface area contributed by atoms with Crippen molar-refractivity contribution < 1.29 is 4.79 Å². The lowest BCUT2D eigenvalue weighted by atomic mass is 10.1. The van der Waals surface area contributed by atoms with Crippen molar-refractivity contribution in [2.75, 3.05) is 14.1 Å². The van der Waals surface area contributed by atoms with E-state index < -0.39 is 0 Å². The van der Waals surface area contributed by atoms with Crippen molar-refractivity contribution in [2.24, 2.45) is 0 Å². The standard InChI is InChI=1S/C22H20N4OS/c1-14-6-8-16(9-7-14)19-12-17-18(11-15-5-4-10-23-13-15)24-25-20(21(17)28-19)22(27)26(2)3/h4-10,12-13H,11H2,1-3H3. The van der Waals surface area contributed by atoms with Crippen LogP contribution in [0.4, 0.5) is 0 Å². The molecule has 0 unspecified atom stereocenters. The monoisotopic (exact) mass is 388 g/mol. The number of rotatable bonds is 4. The van der Waals surface area contributed by atoms with Crippen LogP contribution in [0.5, 0.6) is 0 Å². The van der Waals surface area contributed by atoms with Crippen LogP contribution in [0.2, 0.25) is 0 Å². The predicted molar refractivity (Wildman–Crippen MR) is 113 cm³/mol. The van der Waals surface area contributed by atoms with Gasteiger partial charge >= 0.3 is 0 Å². The van der Waals surface area contributed by atoms with Crippen molar-refractivity contribution in [1.29, 1.82) is 0 Å². The fourth-order valence-electron chi connectivity index (χ4n) is 3.03. The summed E-state index contributed by atoms with van der Waals surface area (Å²) in [4.78, 5) is 19.5. The van der Waals surface area contributed by atoms with Gasteiger partial charge in [-0.25, -0.2) is 0 Å². The zero-order valence-corrected chi connectivity index (χ0v) is 16.8. The highest BCUT2D eigenvalue weighted by atomic mass is 32.1. The molecule has 0 fully saturated rings. The second-order valence-corrected chi connectivity index (χ2v) is 8.00. The van der Waals surface area contributed by atoms with Crippen LogP contribution in [-0.4, -0.2) is 40.1 Å². The maximum Gasteiger partial charge on any atom is 0.275 e. The number of carbonyl (C=O) groups excluding carboxylic acids is 1. The first-order chi connectivity index (χ1) is 13.5. The largest absolute Gasteiger partial charge is 0.343 e. The van der Waals surface area contributed by atoms with Gasteiger partial charge < -0.3 is 4.90 Å². The predicted octanol–water partition coefficient (Wildman–Crippen LogP) is 4.35. The maximum atomic E-state index is 12.6. The maximum absolute atomic E-state index is 12.6. The van der Waals surface area contributed by atoms with Gasteiger partial charge in [0.1, 0.15) is 0 Å². The Morgan fingerprint density at radius 3 is 2.57 bits per heavy atom. The molecule has 3 heterocycles. The highest BCUT2D eigenvalue weighted by molar-refractivity contribution is 7.22. The molecule has 4 aromatic rings. The molecule has 1 aromatic carbocycles. The summed E-state index contributed by atoms with van der Waals surface area (Å²) in [7, 11) is 3.46. The number of nitrogens with zero attached hydrogens (tertiary/aromatic N) is 4. The molecular formula is C22H20N4OS. The van der Waals surface area contributed by atoms with Crippen LogP contribution in [0.15, 0.2) is 54.9 Å². The number of carbonyl (C=O) groups is 1. The van der Waals surface area contributed by atoms with Crippen molar-refractivity contribution in [1.82, 2.24) is 20.1 Å². The van der Waals surface area contributed by atoms with Gasteiger partial charge in [0.25, 0.3) is 5.91 Å². The molecule has 0 atom stereocenters. The lowest BCUT2D eigenvalue weighted by Gasteiger charge is -2.10. The lowest BCUT2D eigenvalue weighted by molar-refractivity contribution is 0.0823. The van der Waals surface area contributed by atoms with E-state index in [9.17, 15) is 4.79 Å². The van der Waals surface area contributed by atoms with Crippen molar-refractivity contribution in [2.45, 2.75) is 13.3 Å². The minimum atomic E-state index is -0.136. The number of hydrogen-bond acceptors (Lipinski definition) is 5. The van der Waals surface area contributed by atoms with Crippen LogP contribution in [0.25, 0.3) is 20.5 Å². The van der Waals surface area contributed by atoms with Gasteiger partial charge in [-0.1, -0.05) is 35.9 Å². The third kappa shape index (κ3) is 3.51. The number of benzene rings is 1. The SMILES string of the molecule is Cc1ccc(-c2cc3c(Cc4cccnc4)nnc(C(=O)N(C)C)c3s2)cc1. The highest BCUT2D eigenvalue weighted by Crippen LogP contribution is 2.36. The van der Waals surface area contributed by atoms with Crippen LogP contribution >= 0.6 is 11.3 Å². The minimum absolute atomic E-state index is 0.136. The smallest absolute Gasteiger partial charge is 0.275 e. The summed E-state index contributed by atoms with van der Waals surface area (Å²) in [5, 5.41) is 9.68. The topological polar surface area (TPSA) is 59.0 Å².